The van der Waals surface area contributed by atoms with Gasteiger partial charge < -0.3 is 19.7 Å². The van der Waals surface area contributed by atoms with E-state index in [1.807, 2.05) is 0 Å². The van der Waals surface area contributed by atoms with Crippen LogP contribution in [0.1, 0.15) is 28.8 Å². The molecule has 0 aliphatic carbocycles. The van der Waals surface area contributed by atoms with Crippen LogP contribution >= 0.6 is 39.0 Å². The summed E-state index contributed by atoms with van der Waals surface area (Å²) >= 11 is 5.96. The van der Waals surface area contributed by atoms with Gasteiger partial charge in [0.05, 0.1) is 10.0 Å². The molecule has 3 aromatic heterocycles. The maximum absolute atomic E-state index is 13.6. The number of piperidine rings is 1. The number of benzene rings is 1. The number of aromatic nitrogens is 4. The number of H-pyrrole nitrogens is 1. The zero-order chi connectivity index (χ0) is 25.2. The number of fused-ring (bicyclic) bond motifs is 1. The summed E-state index contributed by atoms with van der Waals surface area (Å²) in [4.78, 5) is 41.7. The number of thioether (sulfide) groups is 1. The maximum atomic E-state index is 13.6. The largest absolute Gasteiger partial charge is 0.489 e. The smallest absolute Gasteiger partial charge is 0.337 e. The van der Waals surface area contributed by atoms with E-state index in [1.54, 1.807) is 18.3 Å². The molecular weight excluding hydrogens is 573 g/mol. The molecule has 2 N–H and O–H groups in total. The number of halogens is 2. The van der Waals surface area contributed by atoms with E-state index in [4.69, 9.17) is 9.84 Å². The van der Waals surface area contributed by atoms with Crippen molar-refractivity contribution in [3.63, 3.8) is 0 Å². The Morgan fingerprint density at radius 3 is 2.86 bits per heavy atom. The molecule has 4 aromatic rings. The molecule has 1 aromatic carbocycles. The first-order chi connectivity index (χ1) is 17.4. The lowest BCUT2D eigenvalue weighted by atomic mass is 10.1. The van der Waals surface area contributed by atoms with E-state index in [2.05, 4.69) is 40.8 Å². The van der Waals surface area contributed by atoms with Crippen molar-refractivity contribution in [2.24, 2.45) is 0 Å². The second kappa shape index (κ2) is 10.5. The number of pyridine rings is 1. The van der Waals surface area contributed by atoms with Crippen LogP contribution < -0.4 is 15.2 Å². The van der Waals surface area contributed by atoms with Crippen molar-refractivity contribution in [3.8, 4) is 5.75 Å². The van der Waals surface area contributed by atoms with Crippen molar-refractivity contribution in [2.75, 3.05) is 18.0 Å². The Morgan fingerprint density at radius 2 is 2.08 bits per heavy atom. The highest BCUT2D eigenvalue weighted by Gasteiger charge is 2.24. The molecule has 0 amide bonds. The highest BCUT2D eigenvalue weighted by Crippen LogP contribution is 2.32. The number of thiazole rings is 1. The average molecular weight is 592 g/mol. The Balaban J connectivity index is 1.25. The SMILES string of the molecule is O=C(O)c1cncc(CSc2nc3nc(N4CCC(Oc5cc(F)ccc5Br)CC4)sc3c(=O)[nH]2)c1. The number of anilines is 1. The number of nitrogens with one attached hydrogen (secondary N) is 1. The van der Waals surface area contributed by atoms with Crippen molar-refractivity contribution < 1.29 is 19.0 Å². The number of rotatable bonds is 7. The van der Waals surface area contributed by atoms with E-state index in [0.717, 1.165) is 12.8 Å². The second-order valence-electron chi connectivity index (χ2n) is 8.07. The van der Waals surface area contributed by atoms with Crippen molar-refractivity contribution in [3.05, 3.63) is 68.4 Å². The monoisotopic (exact) mass is 591 g/mol. The number of carboxylic acid groups (broad SMARTS) is 1. The van der Waals surface area contributed by atoms with Gasteiger partial charge in [-0.25, -0.2) is 14.2 Å². The average Bonchev–Trinajstić information content (AvgIpc) is 3.30. The molecule has 1 aliphatic rings. The molecule has 1 saturated heterocycles. The summed E-state index contributed by atoms with van der Waals surface area (Å²) in [5.41, 5.74) is 0.919. The summed E-state index contributed by atoms with van der Waals surface area (Å²) in [6, 6.07) is 5.92. The van der Waals surface area contributed by atoms with Gasteiger partial charge in [-0.1, -0.05) is 23.1 Å². The van der Waals surface area contributed by atoms with E-state index in [0.29, 0.717) is 55.3 Å². The minimum Gasteiger partial charge on any atom is -0.489 e. The predicted molar refractivity (Wildman–Crippen MR) is 139 cm³/mol. The number of aromatic amines is 1. The Hall–Kier alpha value is -3.03. The fraction of sp³-hybridized carbons (Fsp3) is 0.261. The van der Waals surface area contributed by atoms with Crippen LogP contribution in [0.5, 0.6) is 5.75 Å². The van der Waals surface area contributed by atoms with E-state index in [1.165, 1.54) is 41.4 Å². The van der Waals surface area contributed by atoms with Gasteiger partial charge in [0.15, 0.2) is 15.9 Å². The van der Waals surface area contributed by atoms with Gasteiger partial charge in [-0.3, -0.25) is 9.78 Å². The zero-order valence-electron chi connectivity index (χ0n) is 18.6. The Morgan fingerprint density at radius 1 is 1.28 bits per heavy atom. The number of aromatic carboxylic acids is 1. The molecule has 0 spiro atoms. The van der Waals surface area contributed by atoms with Gasteiger partial charge in [-0.15, -0.1) is 0 Å². The number of hydrogen-bond donors (Lipinski definition) is 2. The molecule has 186 valence electrons. The van der Waals surface area contributed by atoms with Crippen LogP contribution in [0, 0.1) is 5.82 Å². The highest BCUT2D eigenvalue weighted by atomic mass is 79.9. The molecule has 1 fully saturated rings. The quantitative estimate of drug-likeness (QED) is 0.232. The lowest BCUT2D eigenvalue weighted by Crippen LogP contribution is -2.38. The van der Waals surface area contributed by atoms with E-state index >= 15 is 0 Å². The number of hydrogen-bond acceptors (Lipinski definition) is 9. The predicted octanol–water partition coefficient (Wildman–Crippen LogP) is 4.71. The van der Waals surface area contributed by atoms with Crippen LogP contribution in [-0.2, 0) is 5.75 Å². The molecule has 5 rings (SSSR count). The van der Waals surface area contributed by atoms with Crippen LogP contribution in [0.4, 0.5) is 9.52 Å². The van der Waals surface area contributed by atoms with Crippen LogP contribution in [0.15, 0.2) is 51.1 Å². The number of carbonyl (C=O) groups is 1. The normalized spacial score (nSPS) is 14.3. The topological polar surface area (TPSA) is 121 Å². The van der Waals surface area contributed by atoms with E-state index in [-0.39, 0.29) is 23.0 Å². The third kappa shape index (κ3) is 5.52. The first-order valence-corrected chi connectivity index (χ1v) is 13.5. The highest BCUT2D eigenvalue weighted by molar-refractivity contribution is 9.10. The molecule has 1 aliphatic heterocycles. The minimum absolute atomic E-state index is 0.0487. The summed E-state index contributed by atoms with van der Waals surface area (Å²) in [6.07, 6.45) is 4.28. The second-order valence-corrected chi connectivity index (χ2v) is 10.9. The third-order valence-corrected chi connectivity index (χ3v) is 8.25. The molecule has 13 heteroatoms. The molecule has 4 heterocycles. The van der Waals surface area contributed by atoms with Crippen molar-refractivity contribution in [1.29, 1.82) is 0 Å². The zero-order valence-corrected chi connectivity index (χ0v) is 21.8. The molecule has 0 bridgehead atoms. The standard InChI is InChI=1S/C23H19BrFN5O4S2/c24-16-2-1-14(25)8-17(16)34-15-3-5-30(6-4-15)23-28-19-18(36-23)20(31)29-22(27-19)35-11-12-7-13(21(32)33)10-26-9-12/h1-2,7-10,15H,3-6,11H2,(H,32,33)(H,27,29,31). The molecule has 36 heavy (non-hydrogen) atoms. The number of carboxylic acids is 1. The van der Waals surface area contributed by atoms with Crippen LogP contribution in [0.25, 0.3) is 10.3 Å². The summed E-state index contributed by atoms with van der Waals surface area (Å²) in [7, 11) is 0. The van der Waals surface area contributed by atoms with Crippen LogP contribution in [-0.4, -0.2) is 50.2 Å². The molecule has 0 radical (unpaired) electrons. The lowest BCUT2D eigenvalue weighted by molar-refractivity contribution is 0.0696. The Bertz CT molecular complexity index is 1490. The fourth-order valence-corrected chi connectivity index (χ4v) is 5.82. The fourth-order valence-electron chi connectivity index (χ4n) is 3.75. The van der Waals surface area contributed by atoms with Crippen LogP contribution in [0.2, 0.25) is 0 Å². The number of nitrogens with zero attached hydrogens (tertiary/aromatic N) is 4. The van der Waals surface area contributed by atoms with Gasteiger partial charge in [-0.2, -0.15) is 4.98 Å². The third-order valence-electron chi connectivity index (χ3n) is 5.55. The Kier molecular flexibility index (Phi) is 7.21. The first-order valence-electron chi connectivity index (χ1n) is 10.9. The maximum Gasteiger partial charge on any atom is 0.337 e. The molecular formula is C23H19BrFN5O4S2. The summed E-state index contributed by atoms with van der Waals surface area (Å²) < 4.78 is 20.7. The van der Waals surface area contributed by atoms with Gasteiger partial charge in [0, 0.05) is 50.1 Å². The van der Waals surface area contributed by atoms with Gasteiger partial charge in [0.1, 0.15) is 22.4 Å². The van der Waals surface area contributed by atoms with Gasteiger partial charge in [0.2, 0.25) is 0 Å². The van der Waals surface area contributed by atoms with E-state index < -0.39 is 5.97 Å². The van der Waals surface area contributed by atoms with Crippen molar-refractivity contribution in [2.45, 2.75) is 29.9 Å². The van der Waals surface area contributed by atoms with Gasteiger partial charge in [-0.05, 0) is 39.7 Å². The van der Waals surface area contributed by atoms with Gasteiger partial charge in [0.25, 0.3) is 5.56 Å². The molecule has 9 nitrogen and oxygen atoms in total. The van der Waals surface area contributed by atoms with Gasteiger partial charge >= 0.3 is 5.97 Å². The molecule has 0 atom stereocenters. The summed E-state index contributed by atoms with van der Waals surface area (Å²) in [6.45, 7) is 1.37. The number of ether oxygens (including phenoxy) is 1. The summed E-state index contributed by atoms with van der Waals surface area (Å²) in [5.74, 6) is -0.510. The Labute approximate surface area is 220 Å². The first kappa shape index (κ1) is 24.7. The van der Waals surface area contributed by atoms with Crippen molar-refractivity contribution in [1.82, 2.24) is 19.9 Å². The lowest BCUT2D eigenvalue weighted by Gasteiger charge is -2.32. The molecule has 0 saturated carbocycles. The van der Waals surface area contributed by atoms with E-state index in [9.17, 15) is 14.0 Å². The minimum atomic E-state index is -1.05. The van der Waals surface area contributed by atoms with Crippen molar-refractivity contribution >= 4 is 60.5 Å². The molecule has 0 unspecified atom stereocenters. The van der Waals surface area contributed by atoms with Crippen LogP contribution in [0.3, 0.4) is 0 Å². The summed E-state index contributed by atoms with van der Waals surface area (Å²) in [5, 5.41) is 10.2.